The maximum absolute atomic E-state index is 5.42. The topological polar surface area (TPSA) is 52.7 Å². The van der Waals surface area contributed by atoms with Crippen molar-refractivity contribution in [1.29, 1.82) is 0 Å². The van der Waals surface area contributed by atoms with Crippen LogP contribution < -0.4 is 10.6 Å². The lowest BCUT2D eigenvalue weighted by Crippen LogP contribution is -2.44. The van der Waals surface area contributed by atoms with Crippen LogP contribution in [0, 0.1) is 11.8 Å². The van der Waals surface area contributed by atoms with Gasteiger partial charge in [-0.1, -0.05) is 18.6 Å². The Morgan fingerprint density at radius 2 is 2.19 bits per heavy atom. The Balaban J connectivity index is 1.32. The Morgan fingerprint density at radius 1 is 1.29 bits per heavy atom. The fourth-order valence-corrected chi connectivity index (χ4v) is 4.12. The molecule has 1 aromatic heterocycles. The number of H-pyrrole nitrogens is 1. The average Bonchev–Trinajstić information content (AvgIpc) is 3.19. The summed E-state index contributed by atoms with van der Waals surface area (Å²) in [4.78, 5) is 7.86. The SMILES string of the molecule is S=C(NCc1nc2ccccc2[nH]1)NC1CC2CCC1C2. The van der Waals surface area contributed by atoms with Crippen molar-refractivity contribution in [2.24, 2.45) is 11.8 Å². The van der Waals surface area contributed by atoms with Crippen molar-refractivity contribution in [2.75, 3.05) is 0 Å². The van der Waals surface area contributed by atoms with Gasteiger partial charge < -0.3 is 15.6 Å². The molecule has 4 nitrogen and oxygen atoms in total. The lowest BCUT2D eigenvalue weighted by Gasteiger charge is -2.24. The second-order valence-electron chi connectivity index (χ2n) is 6.31. The molecule has 0 aliphatic heterocycles. The summed E-state index contributed by atoms with van der Waals surface area (Å²) in [7, 11) is 0. The molecule has 0 amide bonds. The number of rotatable bonds is 3. The van der Waals surface area contributed by atoms with Gasteiger partial charge in [0.2, 0.25) is 0 Å². The Morgan fingerprint density at radius 3 is 2.95 bits per heavy atom. The third kappa shape index (κ3) is 2.62. The van der Waals surface area contributed by atoms with Crippen LogP contribution in [-0.4, -0.2) is 21.1 Å². The van der Waals surface area contributed by atoms with Gasteiger partial charge in [0, 0.05) is 6.04 Å². The highest BCUT2D eigenvalue weighted by Crippen LogP contribution is 2.44. The molecule has 0 spiro atoms. The molecule has 0 radical (unpaired) electrons. The smallest absolute Gasteiger partial charge is 0.166 e. The molecular formula is C16H20N4S. The second kappa shape index (κ2) is 5.30. The highest BCUT2D eigenvalue weighted by atomic mass is 32.1. The van der Waals surface area contributed by atoms with E-state index in [2.05, 4.69) is 20.6 Å². The highest BCUT2D eigenvalue weighted by molar-refractivity contribution is 7.80. The van der Waals surface area contributed by atoms with Crippen molar-refractivity contribution in [3.63, 3.8) is 0 Å². The predicted octanol–water partition coefficient (Wildman–Crippen LogP) is 2.72. The maximum atomic E-state index is 5.42. The van der Waals surface area contributed by atoms with E-state index in [0.717, 1.165) is 33.8 Å². The van der Waals surface area contributed by atoms with E-state index in [1.54, 1.807) is 0 Å². The number of benzene rings is 1. The van der Waals surface area contributed by atoms with E-state index in [0.29, 0.717) is 12.6 Å². The first-order valence-electron chi connectivity index (χ1n) is 7.76. The standard InChI is InChI=1S/C16H20N4S/c21-16(20-14-8-10-5-6-11(14)7-10)17-9-15-18-12-3-1-2-4-13(12)19-15/h1-4,10-11,14H,5-9H2,(H,18,19)(H2,17,20,21). The van der Waals surface area contributed by atoms with E-state index >= 15 is 0 Å². The highest BCUT2D eigenvalue weighted by Gasteiger charge is 2.39. The van der Waals surface area contributed by atoms with E-state index in [1.807, 2.05) is 24.3 Å². The first-order valence-corrected chi connectivity index (χ1v) is 8.17. The molecule has 2 fully saturated rings. The quantitative estimate of drug-likeness (QED) is 0.763. The zero-order valence-electron chi connectivity index (χ0n) is 11.9. The summed E-state index contributed by atoms with van der Waals surface area (Å²) in [6.07, 6.45) is 5.47. The maximum Gasteiger partial charge on any atom is 0.166 e. The third-order valence-electron chi connectivity index (χ3n) is 4.91. The molecule has 3 atom stereocenters. The van der Waals surface area contributed by atoms with Crippen LogP contribution in [-0.2, 0) is 6.54 Å². The number of imidazole rings is 1. The van der Waals surface area contributed by atoms with Crippen LogP contribution in [0.25, 0.3) is 11.0 Å². The van der Waals surface area contributed by atoms with Crippen LogP contribution in [0.2, 0.25) is 0 Å². The van der Waals surface area contributed by atoms with Gasteiger partial charge in [0.05, 0.1) is 17.6 Å². The van der Waals surface area contributed by atoms with Gasteiger partial charge in [0.15, 0.2) is 5.11 Å². The van der Waals surface area contributed by atoms with Crippen LogP contribution in [0.15, 0.2) is 24.3 Å². The fourth-order valence-electron chi connectivity index (χ4n) is 3.89. The number of aromatic nitrogens is 2. The van der Waals surface area contributed by atoms with Crippen molar-refractivity contribution in [3.8, 4) is 0 Å². The van der Waals surface area contributed by atoms with E-state index in [9.17, 15) is 0 Å². The molecule has 3 N–H and O–H groups in total. The van der Waals surface area contributed by atoms with Crippen molar-refractivity contribution >= 4 is 28.4 Å². The number of nitrogens with one attached hydrogen (secondary N) is 3. The van der Waals surface area contributed by atoms with Crippen LogP contribution in [0.5, 0.6) is 0 Å². The normalized spacial score (nSPS) is 27.1. The van der Waals surface area contributed by atoms with Crippen molar-refractivity contribution in [3.05, 3.63) is 30.1 Å². The van der Waals surface area contributed by atoms with Gasteiger partial charge in [-0.3, -0.25) is 0 Å². The first kappa shape index (κ1) is 13.1. The number of thiocarbonyl (C=S) groups is 1. The molecule has 110 valence electrons. The second-order valence-corrected chi connectivity index (χ2v) is 6.72. The largest absolute Gasteiger partial charge is 0.360 e. The number of para-hydroxylation sites is 2. The summed E-state index contributed by atoms with van der Waals surface area (Å²) in [5.74, 6) is 2.69. The van der Waals surface area contributed by atoms with Gasteiger partial charge in [-0.25, -0.2) is 4.98 Å². The summed E-state index contributed by atoms with van der Waals surface area (Å²) in [6, 6.07) is 8.65. The molecule has 5 heteroatoms. The van der Waals surface area contributed by atoms with E-state index in [1.165, 1.54) is 25.7 Å². The zero-order chi connectivity index (χ0) is 14.2. The lowest BCUT2D eigenvalue weighted by molar-refractivity contribution is 0.389. The fraction of sp³-hybridized carbons (Fsp3) is 0.500. The summed E-state index contributed by atoms with van der Waals surface area (Å²) >= 11 is 5.42. The molecule has 2 aliphatic carbocycles. The van der Waals surface area contributed by atoms with Crippen molar-refractivity contribution in [2.45, 2.75) is 38.3 Å². The van der Waals surface area contributed by atoms with Crippen molar-refractivity contribution in [1.82, 2.24) is 20.6 Å². The minimum atomic E-state index is 0.583. The Labute approximate surface area is 129 Å². The number of hydrogen-bond acceptors (Lipinski definition) is 2. The number of aromatic amines is 1. The first-order chi connectivity index (χ1) is 10.3. The van der Waals surface area contributed by atoms with E-state index in [4.69, 9.17) is 12.2 Å². The Kier molecular flexibility index (Phi) is 3.30. The Bertz CT molecular complexity index is 632. The van der Waals surface area contributed by atoms with Crippen LogP contribution in [0.3, 0.4) is 0 Å². The molecule has 0 saturated heterocycles. The monoisotopic (exact) mass is 300 g/mol. The van der Waals surface area contributed by atoms with Crippen molar-refractivity contribution < 1.29 is 0 Å². The molecule has 21 heavy (non-hydrogen) atoms. The summed E-state index contributed by atoms with van der Waals surface area (Å²) in [5.41, 5.74) is 2.07. The molecule has 4 rings (SSSR count). The number of fused-ring (bicyclic) bond motifs is 3. The van der Waals surface area contributed by atoms with Crippen LogP contribution in [0.1, 0.15) is 31.5 Å². The predicted molar refractivity (Wildman–Crippen MR) is 87.9 cm³/mol. The lowest BCUT2D eigenvalue weighted by atomic mass is 9.96. The Hall–Kier alpha value is -1.62. The van der Waals surface area contributed by atoms with Gasteiger partial charge in [0.1, 0.15) is 5.82 Å². The van der Waals surface area contributed by atoms with Gasteiger partial charge in [0.25, 0.3) is 0 Å². The molecule has 1 aromatic carbocycles. The molecule has 2 bridgehead atoms. The number of nitrogens with zero attached hydrogens (tertiary/aromatic N) is 1. The molecule has 2 aromatic rings. The minimum Gasteiger partial charge on any atom is -0.360 e. The van der Waals surface area contributed by atoms with E-state index < -0.39 is 0 Å². The molecular weight excluding hydrogens is 280 g/mol. The third-order valence-corrected chi connectivity index (χ3v) is 5.17. The number of hydrogen-bond donors (Lipinski definition) is 3. The average molecular weight is 300 g/mol. The molecule has 3 unspecified atom stereocenters. The summed E-state index contributed by atoms with van der Waals surface area (Å²) in [5, 5.41) is 7.52. The molecule has 2 saturated carbocycles. The minimum absolute atomic E-state index is 0.583. The van der Waals surface area contributed by atoms with E-state index in [-0.39, 0.29) is 0 Å². The van der Waals surface area contributed by atoms with Gasteiger partial charge in [-0.05, 0) is 55.4 Å². The van der Waals surface area contributed by atoms with Gasteiger partial charge >= 0.3 is 0 Å². The summed E-state index contributed by atoms with van der Waals surface area (Å²) in [6.45, 7) is 0.640. The zero-order valence-corrected chi connectivity index (χ0v) is 12.7. The van der Waals surface area contributed by atoms with Gasteiger partial charge in [-0.2, -0.15) is 0 Å². The van der Waals surface area contributed by atoms with Crippen LogP contribution >= 0.6 is 12.2 Å². The molecule has 2 aliphatic rings. The van der Waals surface area contributed by atoms with Crippen LogP contribution in [0.4, 0.5) is 0 Å². The van der Waals surface area contributed by atoms with Gasteiger partial charge in [-0.15, -0.1) is 0 Å². The molecule has 1 heterocycles. The summed E-state index contributed by atoms with van der Waals surface area (Å²) < 4.78 is 0.